The van der Waals surface area contributed by atoms with E-state index in [0.717, 1.165) is 11.3 Å². The first-order chi connectivity index (χ1) is 17.3. The van der Waals surface area contributed by atoms with Gasteiger partial charge in [0.2, 0.25) is 0 Å². The van der Waals surface area contributed by atoms with Crippen LogP contribution in [0.1, 0.15) is 49.7 Å². The number of aromatic hydroxyl groups is 1. The van der Waals surface area contributed by atoms with E-state index in [9.17, 15) is 14.7 Å². The smallest absolute Gasteiger partial charge is 0.336 e. The Morgan fingerprint density at radius 2 is 1.81 bits per heavy atom. The number of phenols is 1. The summed E-state index contributed by atoms with van der Waals surface area (Å²) >= 11 is 6.06. The molecule has 1 unspecified atom stereocenters. The number of hydrogen-bond acceptors (Lipinski definition) is 7. The number of fused-ring (bicyclic) bond motifs is 1. The lowest BCUT2D eigenvalue weighted by Crippen LogP contribution is -2.41. The topological polar surface area (TPSA) is 94.4 Å². The van der Waals surface area contributed by atoms with E-state index in [2.05, 4.69) is 0 Å². The quantitative estimate of drug-likeness (QED) is 0.386. The van der Waals surface area contributed by atoms with Crippen LogP contribution in [-0.2, 0) is 19.1 Å². The number of halogens is 1. The third-order valence-electron chi connectivity index (χ3n) is 6.68. The van der Waals surface area contributed by atoms with Gasteiger partial charge in [0.05, 0.1) is 24.7 Å². The van der Waals surface area contributed by atoms with Crippen molar-refractivity contribution in [3.63, 3.8) is 0 Å². The summed E-state index contributed by atoms with van der Waals surface area (Å²) in [6.07, 6.45) is 0.914. The van der Waals surface area contributed by atoms with Crippen molar-refractivity contribution in [2.45, 2.75) is 38.5 Å². The fraction of sp³-hybridized carbons (Fsp3) is 0.393. The predicted molar refractivity (Wildman–Crippen MR) is 137 cm³/mol. The van der Waals surface area contributed by atoms with Crippen molar-refractivity contribution in [2.75, 3.05) is 26.9 Å². The summed E-state index contributed by atoms with van der Waals surface area (Å²) in [5, 5.41) is 10.9. The summed E-state index contributed by atoms with van der Waals surface area (Å²) in [6, 6.07) is 12.5. The number of methoxy groups -OCH3 is 1. The van der Waals surface area contributed by atoms with Crippen molar-refractivity contribution in [3.8, 4) is 11.5 Å². The Labute approximate surface area is 215 Å². The van der Waals surface area contributed by atoms with Gasteiger partial charge in [-0.1, -0.05) is 29.8 Å². The summed E-state index contributed by atoms with van der Waals surface area (Å²) in [6.45, 7) is 4.30. The molecular formula is C28H30ClNO6. The number of Topliss-reactive ketones (excluding diaryl/α,β-unsaturated/α-hetero) is 1. The van der Waals surface area contributed by atoms with Crippen molar-refractivity contribution < 1.29 is 28.9 Å². The van der Waals surface area contributed by atoms with Gasteiger partial charge < -0.3 is 19.3 Å². The first-order valence-corrected chi connectivity index (χ1v) is 12.4. The summed E-state index contributed by atoms with van der Waals surface area (Å²) < 4.78 is 16.1. The second-order valence-electron chi connectivity index (χ2n) is 8.97. The largest absolute Gasteiger partial charge is 0.504 e. The van der Waals surface area contributed by atoms with Gasteiger partial charge in [0.15, 0.2) is 11.5 Å². The average molecular weight is 512 g/mol. The van der Waals surface area contributed by atoms with E-state index >= 15 is 0 Å². The Hall–Kier alpha value is -3.16. The van der Waals surface area contributed by atoms with Gasteiger partial charge in [0.25, 0.3) is 0 Å². The van der Waals surface area contributed by atoms with E-state index < -0.39 is 17.8 Å². The molecule has 2 aromatic carbocycles. The molecule has 1 N–H and O–H groups in total. The highest BCUT2D eigenvalue weighted by Crippen LogP contribution is 2.47. The van der Waals surface area contributed by atoms with Crippen molar-refractivity contribution in [1.82, 2.24) is 0 Å². The highest BCUT2D eigenvalue weighted by atomic mass is 35.5. The molecule has 0 bridgehead atoms. The fourth-order valence-electron chi connectivity index (χ4n) is 5.06. The number of ketones is 1. The van der Waals surface area contributed by atoms with Gasteiger partial charge in [-0.25, -0.2) is 4.79 Å². The molecule has 0 radical (unpaired) electrons. The Kier molecular flexibility index (Phi) is 8.11. The SMILES string of the molecule is CCOc1cc([C@@H]2C(C(=O)OCCOC)=C(C)N=C3C[C@@H](c4ccc(Cl)cc4)CC(=O)C32)ccc1O. The van der Waals surface area contributed by atoms with Crippen LogP contribution >= 0.6 is 11.6 Å². The number of benzene rings is 2. The first kappa shape index (κ1) is 25.9. The normalized spacial score (nSPS) is 21.6. The third-order valence-corrected chi connectivity index (χ3v) is 6.93. The number of aliphatic imine (C=N–C) groups is 1. The van der Waals surface area contributed by atoms with Crippen LogP contribution in [-0.4, -0.2) is 49.5 Å². The molecule has 1 aliphatic heterocycles. The molecule has 3 atom stereocenters. The van der Waals surface area contributed by atoms with Gasteiger partial charge in [-0.3, -0.25) is 9.79 Å². The van der Waals surface area contributed by atoms with E-state index in [1.807, 2.05) is 31.2 Å². The second-order valence-corrected chi connectivity index (χ2v) is 9.41. The minimum Gasteiger partial charge on any atom is -0.504 e. The Morgan fingerprint density at radius 1 is 1.08 bits per heavy atom. The molecule has 1 heterocycles. The summed E-state index contributed by atoms with van der Waals surface area (Å²) in [7, 11) is 1.53. The van der Waals surface area contributed by atoms with Gasteiger partial charge >= 0.3 is 5.97 Å². The summed E-state index contributed by atoms with van der Waals surface area (Å²) in [4.78, 5) is 31.7. The minimum absolute atomic E-state index is 0.00526. The number of carbonyl (C=O) groups excluding carboxylic acids is 2. The van der Waals surface area contributed by atoms with E-state index in [0.29, 0.717) is 47.1 Å². The standard InChI is InChI=1S/C28H30ClNO6/c1-4-35-24-15-18(7-10-22(24)31)26-25(28(33)36-12-11-34-3)16(2)30-21-13-19(14-23(32)27(21)26)17-5-8-20(29)9-6-17/h5-10,15,19,26-27,31H,4,11-14H2,1-3H3/t19-,26-,27?/m1/s1. The maximum absolute atomic E-state index is 13.7. The summed E-state index contributed by atoms with van der Waals surface area (Å²) in [5.74, 6) is -1.47. The number of hydrogen-bond donors (Lipinski definition) is 1. The van der Waals surface area contributed by atoms with Crippen molar-refractivity contribution in [2.24, 2.45) is 10.9 Å². The highest BCUT2D eigenvalue weighted by molar-refractivity contribution is 6.30. The van der Waals surface area contributed by atoms with Crippen LogP contribution in [0.5, 0.6) is 11.5 Å². The minimum atomic E-state index is -0.610. The Bertz CT molecular complexity index is 1200. The van der Waals surface area contributed by atoms with Gasteiger partial charge in [-0.2, -0.15) is 0 Å². The lowest BCUT2D eigenvalue weighted by atomic mass is 9.66. The van der Waals surface area contributed by atoms with Gasteiger partial charge in [0, 0.05) is 35.9 Å². The molecule has 7 nitrogen and oxygen atoms in total. The number of carbonyl (C=O) groups is 2. The van der Waals surface area contributed by atoms with Crippen LogP contribution in [0.25, 0.3) is 0 Å². The zero-order chi connectivity index (χ0) is 25.8. The average Bonchev–Trinajstić information content (AvgIpc) is 2.85. The molecular weight excluding hydrogens is 482 g/mol. The van der Waals surface area contributed by atoms with E-state index in [1.54, 1.807) is 19.1 Å². The molecule has 0 saturated heterocycles. The maximum atomic E-state index is 13.7. The number of phenolic OH excluding ortho intramolecular Hbond substituents is 1. The molecule has 36 heavy (non-hydrogen) atoms. The zero-order valence-electron chi connectivity index (χ0n) is 20.6. The third kappa shape index (κ3) is 5.32. The molecule has 4 rings (SSSR count). The van der Waals surface area contributed by atoms with Crippen LogP contribution in [0.2, 0.25) is 5.02 Å². The molecule has 1 fully saturated rings. The van der Waals surface area contributed by atoms with Gasteiger partial charge in [-0.05, 0) is 61.6 Å². The van der Waals surface area contributed by atoms with E-state index in [1.165, 1.54) is 13.2 Å². The van der Waals surface area contributed by atoms with Crippen LogP contribution < -0.4 is 4.74 Å². The Balaban J connectivity index is 1.77. The number of nitrogens with zero attached hydrogens (tertiary/aromatic N) is 1. The lowest BCUT2D eigenvalue weighted by molar-refractivity contribution is -0.140. The van der Waals surface area contributed by atoms with E-state index in [-0.39, 0.29) is 30.7 Å². The predicted octanol–water partition coefficient (Wildman–Crippen LogP) is 5.21. The van der Waals surface area contributed by atoms with Crippen molar-refractivity contribution in [3.05, 3.63) is 69.9 Å². The van der Waals surface area contributed by atoms with Crippen LogP contribution in [0.4, 0.5) is 0 Å². The van der Waals surface area contributed by atoms with Crippen molar-refractivity contribution in [1.29, 1.82) is 0 Å². The molecule has 0 aromatic heterocycles. The summed E-state index contributed by atoms with van der Waals surface area (Å²) in [5.41, 5.74) is 3.31. The fourth-order valence-corrected chi connectivity index (χ4v) is 5.19. The van der Waals surface area contributed by atoms with Crippen LogP contribution in [0, 0.1) is 5.92 Å². The van der Waals surface area contributed by atoms with Crippen molar-refractivity contribution >= 4 is 29.1 Å². The monoisotopic (exact) mass is 511 g/mol. The molecule has 0 spiro atoms. The van der Waals surface area contributed by atoms with Crippen LogP contribution in [0.3, 0.4) is 0 Å². The van der Waals surface area contributed by atoms with Gasteiger partial charge in [0.1, 0.15) is 12.4 Å². The lowest BCUT2D eigenvalue weighted by Gasteiger charge is -2.38. The van der Waals surface area contributed by atoms with Gasteiger partial charge in [-0.15, -0.1) is 0 Å². The number of rotatable bonds is 8. The number of allylic oxidation sites excluding steroid dienone is 1. The highest BCUT2D eigenvalue weighted by Gasteiger charge is 2.46. The van der Waals surface area contributed by atoms with Crippen LogP contribution in [0.15, 0.2) is 58.7 Å². The molecule has 1 aliphatic carbocycles. The molecule has 190 valence electrons. The molecule has 2 aromatic rings. The molecule has 8 heteroatoms. The number of ether oxygens (including phenoxy) is 3. The maximum Gasteiger partial charge on any atom is 0.336 e. The van der Waals surface area contributed by atoms with E-state index in [4.69, 9.17) is 30.8 Å². The number of esters is 1. The second kappa shape index (κ2) is 11.3. The molecule has 0 amide bonds. The first-order valence-electron chi connectivity index (χ1n) is 12.0. The molecule has 2 aliphatic rings. The zero-order valence-corrected chi connectivity index (χ0v) is 21.4. The molecule has 1 saturated carbocycles. The Morgan fingerprint density at radius 3 is 2.50 bits per heavy atom.